The summed E-state index contributed by atoms with van der Waals surface area (Å²) in [6.45, 7) is 2.02. The van der Waals surface area contributed by atoms with E-state index in [9.17, 15) is 29.7 Å². The summed E-state index contributed by atoms with van der Waals surface area (Å²) in [5.74, 6) is -4.08. The molecule has 1 saturated carbocycles. The van der Waals surface area contributed by atoms with E-state index in [0.29, 0.717) is 24.3 Å². The van der Waals surface area contributed by atoms with E-state index in [-0.39, 0.29) is 13.0 Å². The zero-order valence-corrected chi connectivity index (χ0v) is 17.7. The van der Waals surface area contributed by atoms with Crippen molar-refractivity contribution in [2.75, 3.05) is 0 Å². The van der Waals surface area contributed by atoms with Crippen molar-refractivity contribution in [2.24, 2.45) is 17.3 Å². The number of aliphatic hydroxyl groups is 1. The molecule has 0 bridgehead atoms. The third kappa shape index (κ3) is 4.75. The highest BCUT2D eigenvalue weighted by Crippen LogP contribution is 2.56. The van der Waals surface area contributed by atoms with Crippen LogP contribution in [-0.2, 0) is 20.9 Å². The first-order valence-corrected chi connectivity index (χ1v) is 10.5. The molecule has 2 aromatic rings. The average Bonchev–Trinajstić information content (AvgIpc) is 2.76. The van der Waals surface area contributed by atoms with Crippen LogP contribution in [0.15, 0.2) is 54.6 Å². The number of aliphatic hydroxyl groups excluding tert-OH is 1. The molecule has 0 radical (unpaired) electrons. The molecule has 0 heterocycles. The quantitative estimate of drug-likeness (QED) is 0.445. The Balaban J connectivity index is 1.68. The molecule has 1 aliphatic rings. The van der Waals surface area contributed by atoms with E-state index in [1.165, 1.54) is 0 Å². The molecule has 1 aliphatic carbocycles. The number of hydrogen-bond donors (Lipinski definition) is 4. The van der Waals surface area contributed by atoms with Crippen LogP contribution in [0.2, 0.25) is 0 Å². The molecule has 0 saturated heterocycles. The van der Waals surface area contributed by atoms with Crippen molar-refractivity contribution in [1.82, 2.24) is 5.32 Å². The van der Waals surface area contributed by atoms with E-state index >= 15 is 0 Å². The van der Waals surface area contributed by atoms with Gasteiger partial charge in [0.15, 0.2) is 6.10 Å². The van der Waals surface area contributed by atoms with Crippen LogP contribution < -0.4 is 10.1 Å². The summed E-state index contributed by atoms with van der Waals surface area (Å²) >= 11 is 0. The Bertz CT molecular complexity index is 944. The zero-order chi connectivity index (χ0) is 23.3. The number of aliphatic carboxylic acids is 2. The Labute approximate surface area is 185 Å². The van der Waals surface area contributed by atoms with E-state index in [4.69, 9.17) is 4.74 Å². The molecule has 0 aliphatic heterocycles. The Morgan fingerprint density at radius 3 is 2.25 bits per heavy atom. The van der Waals surface area contributed by atoms with Gasteiger partial charge in [0.2, 0.25) is 5.91 Å². The molecule has 0 spiro atoms. The van der Waals surface area contributed by atoms with Crippen LogP contribution in [0.4, 0.5) is 0 Å². The molecule has 1 amide bonds. The Morgan fingerprint density at radius 2 is 1.69 bits per heavy atom. The SMILES string of the molecule is CCCC1(C(=O)NCc2ccc(Oc3ccccc3)cc2)CC(C(=O)O)C1C(O)C(=O)O. The smallest absolute Gasteiger partial charge is 0.332 e. The fraction of sp³-hybridized carbons (Fsp3) is 0.375. The summed E-state index contributed by atoms with van der Waals surface area (Å²) in [6.07, 6.45) is -1.08. The lowest BCUT2D eigenvalue weighted by Gasteiger charge is -2.53. The number of nitrogens with one attached hydrogen (secondary N) is 1. The van der Waals surface area contributed by atoms with Crippen LogP contribution in [0.5, 0.6) is 11.5 Å². The molecular formula is C24H27NO7. The largest absolute Gasteiger partial charge is 0.481 e. The minimum atomic E-state index is -1.92. The summed E-state index contributed by atoms with van der Waals surface area (Å²) in [7, 11) is 0. The van der Waals surface area contributed by atoms with Gasteiger partial charge >= 0.3 is 11.9 Å². The first-order valence-electron chi connectivity index (χ1n) is 10.5. The zero-order valence-electron chi connectivity index (χ0n) is 17.7. The molecule has 1 fully saturated rings. The fourth-order valence-corrected chi connectivity index (χ4v) is 4.53. The maximum absolute atomic E-state index is 13.1. The summed E-state index contributed by atoms with van der Waals surface area (Å²) in [4.78, 5) is 36.0. The number of carboxylic acid groups (broad SMARTS) is 2. The molecule has 3 rings (SSSR count). The van der Waals surface area contributed by atoms with Gasteiger partial charge in [0.1, 0.15) is 11.5 Å². The Morgan fingerprint density at radius 1 is 1.06 bits per heavy atom. The van der Waals surface area contributed by atoms with Crippen molar-refractivity contribution in [3.8, 4) is 11.5 Å². The van der Waals surface area contributed by atoms with Crippen molar-refractivity contribution < 1.29 is 34.4 Å². The first kappa shape index (κ1) is 23.3. The van der Waals surface area contributed by atoms with Crippen molar-refractivity contribution in [1.29, 1.82) is 0 Å². The van der Waals surface area contributed by atoms with E-state index in [0.717, 1.165) is 5.56 Å². The molecule has 4 N–H and O–H groups in total. The van der Waals surface area contributed by atoms with Crippen molar-refractivity contribution in [2.45, 2.75) is 38.8 Å². The van der Waals surface area contributed by atoms with Gasteiger partial charge in [-0.2, -0.15) is 0 Å². The lowest BCUT2D eigenvalue weighted by atomic mass is 9.49. The second kappa shape index (κ2) is 9.82. The van der Waals surface area contributed by atoms with Gasteiger partial charge < -0.3 is 25.4 Å². The fourth-order valence-electron chi connectivity index (χ4n) is 4.53. The Hall–Kier alpha value is -3.39. The van der Waals surface area contributed by atoms with Crippen molar-refractivity contribution >= 4 is 17.8 Å². The van der Waals surface area contributed by atoms with Crippen LogP contribution in [0.3, 0.4) is 0 Å². The number of rotatable bonds is 10. The topological polar surface area (TPSA) is 133 Å². The predicted molar refractivity (Wildman–Crippen MR) is 115 cm³/mol. The summed E-state index contributed by atoms with van der Waals surface area (Å²) in [6, 6.07) is 16.5. The summed E-state index contributed by atoms with van der Waals surface area (Å²) in [5.41, 5.74) is -0.429. The van der Waals surface area contributed by atoms with Crippen molar-refractivity contribution in [3.05, 3.63) is 60.2 Å². The summed E-state index contributed by atoms with van der Waals surface area (Å²) in [5, 5.41) is 31.6. The van der Waals surface area contributed by atoms with Gasteiger partial charge in [0.05, 0.1) is 11.3 Å². The normalized spacial score (nSPS) is 22.9. The Kier molecular flexibility index (Phi) is 7.15. The highest BCUT2D eigenvalue weighted by molar-refractivity contribution is 5.89. The van der Waals surface area contributed by atoms with Gasteiger partial charge in [-0.25, -0.2) is 4.79 Å². The number of benzene rings is 2. The number of ether oxygens (including phenoxy) is 1. The molecule has 32 heavy (non-hydrogen) atoms. The highest BCUT2D eigenvalue weighted by Gasteiger charge is 2.64. The number of hydrogen-bond acceptors (Lipinski definition) is 5. The van der Waals surface area contributed by atoms with Crippen LogP contribution in [0.1, 0.15) is 31.7 Å². The third-order valence-electron chi connectivity index (χ3n) is 6.07. The summed E-state index contributed by atoms with van der Waals surface area (Å²) < 4.78 is 5.74. The number of carbonyl (C=O) groups excluding carboxylic acids is 1. The lowest BCUT2D eigenvalue weighted by Crippen LogP contribution is -2.63. The number of carboxylic acids is 2. The maximum Gasteiger partial charge on any atom is 0.332 e. The van der Waals surface area contributed by atoms with E-state index in [1.807, 2.05) is 37.3 Å². The average molecular weight is 441 g/mol. The van der Waals surface area contributed by atoms with E-state index in [2.05, 4.69) is 5.32 Å². The number of amides is 1. The van der Waals surface area contributed by atoms with Crippen molar-refractivity contribution in [3.63, 3.8) is 0 Å². The molecular weight excluding hydrogens is 414 g/mol. The maximum atomic E-state index is 13.1. The monoisotopic (exact) mass is 441 g/mol. The second-order valence-corrected chi connectivity index (χ2v) is 8.11. The highest BCUT2D eigenvalue weighted by atomic mass is 16.5. The van der Waals surface area contributed by atoms with Gasteiger partial charge in [-0.15, -0.1) is 0 Å². The van der Waals surface area contributed by atoms with Gasteiger partial charge in [-0.1, -0.05) is 43.7 Å². The van der Waals surface area contributed by atoms with E-state index in [1.54, 1.807) is 24.3 Å². The van der Waals surface area contributed by atoms with Gasteiger partial charge in [-0.05, 0) is 42.7 Å². The molecule has 4 unspecified atom stereocenters. The first-order chi connectivity index (χ1) is 15.3. The molecule has 4 atom stereocenters. The minimum absolute atomic E-state index is 0.000860. The molecule has 0 aromatic heterocycles. The van der Waals surface area contributed by atoms with Crippen LogP contribution in [0, 0.1) is 17.3 Å². The van der Waals surface area contributed by atoms with Crippen LogP contribution in [-0.4, -0.2) is 39.3 Å². The van der Waals surface area contributed by atoms with Crippen LogP contribution >= 0.6 is 0 Å². The lowest BCUT2D eigenvalue weighted by molar-refractivity contribution is -0.187. The molecule has 170 valence electrons. The standard InChI is InChI=1S/C24H27NO7/c1-2-12-24(13-18(21(27)28)19(24)20(26)22(29)30)23(31)25-14-15-8-10-17(11-9-15)32-16-6-4-3-5-7-16/h3-11,18-20,26H,2,12-14H2,1H3,(H,25,31)(H,27,28)(H,29,30). The molecule has 8 heteroatoms. The second-order valence-electron chi connectivity index (χ2n) is 8.11. The predicted octanol–water partition coefficient (Wildman–Crippen LogP) is 3.05. The molecule has 2 aromatic carbocycles. The number of para-hydroxylation sites is 1. The van der Waals surface area contributed by atoms with Gasteiger partial charge in [-0.3, -0.25) is 9.59 Å². The van der Waals surface area contributed by atoms with E-state index < -0.39 is 41.2 Å². The van der Waals surface area contributed by atoms with Gasteiger partial charge in [0, 0.05) is 12.5 Å². The number of carbonyl (C=O) groups is 3. The third-order valence-corrected chi connectivity index (χ3v) is 6.07. The minimum Gasteiger partial charge on any atom is -0.481 e. The molecule has 8 nitrogen and oxygen atoms in total. The van der Waals surface area contributed by atoms with Crippen LogP contribution in [0.25, 0.3) is 0 Å². The van der Waals surface area contributed by atoms with Gasteiger partial charge in [0.25, 0.3) is 0 Å².